The van der Waals surface area contributed by atoms with Crippen molar-refractivity contribution in [3.63, 3.8) is 0 Å². The lowest BCUT2D eigenvalue weighted by atomic mass is 10.1. The smallest absolute Gasteiger partial charge is 0.231 e. The summed E-state index contributed by atoms with van der Waals surface area (Å²) in [4.78, 5) is 26.7. The van der Waals surface area contributed by atoms with E-state index in [-0.39, 0.29) is 31.1 Å². The molecule has 1 unspecified atom stereocenters. The van der Waals surface area contributed by atoms with E-state index in [9.17, 15) is 14.0 Å². The van der Waals surface area contributed by atoms with Crippen LogP contribution in [0, 0.1) is 0 Å². The van der Waals surface area contributed by atoms with Crippen molar-refractivity contribution in [2.45, 2.75) is 50.4 Å². The third-order valence-corrected chi connectivity index (χ3v) is 4.42. The Morgan fingerprint density at radius 2 is 2.18 bits per heavy atom. The summed E-state index contributed by atoms with van der Waals surface area (Å²) in [7, 11) is 1.72. The Morgan fingerprint density at radius 3 is 2.82 bits per heavy atom. The van der Waals surface area contributed by atoms with Crippen molar-refractivity contribution in [3.05, 3.63) is 0 Å². The Hall–Kier alpha value is -1.21. The molecular formula is C15H26FN3O3. The van der Waals surface area contributed by atoms with Crippen LogP contribution in [0.3, 0.4) is 0 Å². The van der Waals surface area contributed by atoms with Gasteiger partial charge >= 0.3 is 0 Å². The average Bonchev–Trinajstić information content (AvgIpc) is 2.78. The van der Waals surface area contributed by atoms with Crippen LogP contribution in [-0.4, -0.2) is 73.2 Å². The summed E-state index contributed by atoms with van der Waals surface area (Å²) in [6.45, 7) is 1.39. The highest BCUT2D eigenvalue weighted by atomic mass is 19.1. The topological polar surface area (TPSA) is 75.9 Å². The summed E-state index contributed by atoms with van der Waals surface area (Å²) in [5, 5.41) is 0. The molecule has 2 amide bonds. The minimum Gasteiger partial charge on any atom is -0.378 e. The molecule has 0 radical (unpaired) electrons. The highest BCUT2D eigenvalue weighted by molar-refractivity contribution is 5.77. The number of hydrogen-bond acceptors (Lipinski definition) is 4. The monoisotopic (exact) mass is 315 g/mol. The number of nitrogens with zero attached hydrogens (tertiary/aromatic N) is 2. The molecule has 0 bridgehead atoms. The molecule has 0 aliphatic carbocycles. The Bertz CT molecular complexity index is 401. The SMILES string of the molecule is CN(C[C@@H]1C[C@H](F)CN1CC(N)=O)C(=O)CC1CCCCO1. The van der Waals surface area contributed by atoms with E-state index in [0.717, 1.165) is 25.9 Å². The number of likely N-dealkylation sites (tertiary alicyclic amines) is 1. The highest BCUT2D eigenvalue weighted by Crippen LogP contribution is 2.21. The second kappa shape index (κ2) is 7.87. The van der Waals surface area contributed by atoms with Crippen molar-refractivity contribution in [1.82, 2.24) is 9.80 Å². The predicted molar refractivity (Wildman–Crippen MR) is 79.9 cm³/mol. The molecule has 2 aliphatic heterocycles. The lowest BCUT2D eigenvalue weighted by Gasteiger charge is -2.29. The van der Waals surface area contributed by atoms with Crippen LogP contribution >= 0.6 is 0 Å². The van der Waals surface area contributed by atoms with E-state index >= 15 is 0 Å². The number of ether oxygens (including phenoxy) is 1. The molecule has 2 heterocycles. The van der Waals surface area contributed by atoms with Gasteiger partial charge in [0.25, 0.3) is 0 Å². The second-order valence-corrected chi connectivity index (χ2v) is 6.35. The molecule has 2 N–H and O–H groups in total. The molecular weight excluding hydrogens is 289 g/mol. The highest BCUT2D eigenvalue weighted by Gasteiger charge is 2.34. The second-order valence-electron chi connectivity index (χ2n) is 6.35. The van der Waals surface area contributed by atoms with E-state index in [1.807, 2.05) is 0 Å². The zero-order chi connectivity index (χ0) is 16.1. The zero-order valence-electron chi connectivity index (χ0n) is 13.2. The largest absolute Gasteiger partial charge is 0.378 e. The van der Waals surface area contributed by atoms with Crippen molar-refractivity contribution in [2.75, 3.05) is 33.3 Å². The fraction of sp³-hybridized carbons (Fsp3) is 0.867. The molecule has 2 rings (SSSR count). The van der Waals surface area contributed by atoms with Crippen molar-refractivity contribution < 1.29 is 18.7 Å². The molecule has 2 fully saturated rings. The summed E-state index contributed by atoms with van der Waals surface area (Å²) in [5.74, 6) is -0.461. The number of carbonyl (C=O) groups is 2. The van der Waals surface area contributed by atoms with Crippen LogP contribution in [0.1, 0.15) is 32.1 Å². The molecule has 6 nitrogen and oxygen atoms in total. The molecule has 0 aromatic carbocycles. The van der Waals surface area contributed by atoms with E-state index in [1.165, 1.54) is 0 Å². The van der Waals surface area contributed by atoms with Crippen molar-refractivity contribution in [2.24, 2.45) is 5.73 Å². The number of likely N-dealkylation sites (N-methyl/N-ethyl adjacent to an activating group) is 1. The van der Waals surface area contributed by atoms with Gasteiger partial charge in [-0.05, 0) is 25.7 Å². The standard InChI is InChI=1S/C15H26FN3O3/c1-18(15(21)7-13-4-2-3-5-22-13)9-12-6-11(16)8-19(12)10-14(17)20/h11-13H,2-10H2,1H3,(H2,17,20)/t11-,12-,13?/m0/s1. The van der Waals surface area contributed by atoms with E-state index in [1.54, 1.807) is 16.8 Å². The number of primary amides is 1. The van der Waals surface area contributed by atoms with Gasteiger partial charge in [0.1, 0.15) is 6.17 Å². The summed E-state index contributed by atoms with van der Waals surface area (Å²) in [5.41, 5.74) is 5.19. The molecule has 126 valence electrons. The predicted octanol–water partition coefficient (Wildman–Crippen LogP) is 0.302. The minimum absolute atomic E-state index is 0.00271. The maximum Gasteiger partial charge on any atom is 0.231 e. The van der Waals surface area contributed by atoms with E-state index in [4.69, 9.17) is 10.5 Å². The molecule has 0 saturated carbocycles. The zero-order valence-corrected chi connectivity index (χ0v) is 13.2. The van der Waals surface area contributed by atoms with Crippen LogP contribution in [0.4, 0.5) is 4.39 Å². The number of rotatable bonds is 6. The van der Waals surface area contributed by atoms with Gasteiger partial charge in [-0.2, -0.15) is 0 Å². The van der Waals surface area contributed by atoms with Gasteiger partial charge < -0.3 is 15.4 Å². The molecule has 0 spiro atoms. The fourth-order valence-corrected chi connectivity index (χ4v) is 3.24. The van der Waals surface area contributed by atoms with Crippen LogP contribution < -0.4 is 5.73 Å². The number of nitrogens with two attached hydrogens (primary N) is 1. The van der Waals surface area contributed by atoms with Crippen LogP contribution in [0.5, 0.6) is 0 Å². The fourth-order valence-electron chi connectivity index (χ4n) is 3.24. The average molecular weight is 315 g/mol. The third-order valence-electron chi connectivity index (χ3n) is 4.42. The quantitative estimate of drug-likeness (QED) is 0.765. The maximum atomic E-state index is 13.6. The molecule has 0 aromatic rings. The number of hydrogen-bond donors (Lipinski definition) is 1. The lowest BCUT2D eigenvalue weighted by molar-refractivity contribution is -0.134. The summed E-state index contributed by atoms with van der Waals surface area (Å²) in [6, 6.07) is -0.149. The number of carbonyl (C=O) groups excluding carboxylic acids is 2. The van der Waals surface area contributed by atoms with Gasteiger partial charge in [0, 0.05) is 32.8 Å². The third kappa shape index (κ3) is 4.91. The Morgan fingerprint density at radius 1 is 1.41 bits per heavy atom. The van der Waals surface area contributed by atoms with Gasteiger partial charge in [0.2, 0.25) is 11.8 Å². The molecule has 2 aliphatic rings. The lowest BCUT2D eigenvalue weighted by Crippen LogP contribution is -2.44. The van der Waals surface area contributed by atoms with Crippen LogP contribution in [-0.2, 0) is 14.3 Å². The van der Waals surface area contributed by atoms with Crippen LogP contribution in [0.25, 0.3) is 0 Å². The maximum absolute atomic E-state index is 13.6. The van der Waals surface area contributed by atoms with Crippen molar-refractivity contribution >= 4 is 11.8 Å². The summed E-state index contributed by atoms with van der Waals surface area (Å²) >= 11 is 0. The molecule has 2 saturated heterocycles. The van der Waals surface area contributed by atoms with Gasteiger partial charge in [0.15, 0.2) is 0 Å². The molecule has 7 heteroatoms. The normalized spacial score (nSPS) is 29.5. The van der Waals surface area contributed by atoms with Gasteiger partial charge in [0.05, 0.1) is 19.1 Å². The van der Waals surface area contributed by atoms with E-state index < -0.39 is 12.1 Å². The first kappa shape index (κ1) is 17.1. The van der Waals surface area contributed by atoms with Crippen molar-refractivity contribution in [3.8, 4) is 0 Å². The van der Waals surface area contributed by atoms with E-state index in [0.29, 0.717) is 19.4 Å². The van der Waals surface area contributed by atoms with Gasteiger partial charge in [-0.3, -0.25) is 14.5 Å². The minimum atomic E-state index is -0.963. The first-order valence-corrected chi connectivity index (χ1v) is 7.97. The molecule has 22 heavy (non-hydrogen) atoms. The van der Waals surface area contributed by atoms with E-state index in [2.05, 4.69) is 0 Å². The molecule has 0 aromatic heterocycles. The Balaban J connectivity index is 1.82. The van der Waals surface area contributed by atoms with Gasteiger partial charge in [-0.15, -0.1) is 0 Å². The van der Waals surface area contributed by atoms with Gasteiger partial charge in [-0.25, -0.2) is 4.39 Å². The van der Waals surface area contributed by atoms with Crippen molar-refractivity contribution in [1.29, 1.82) is 0 Å². The number of alkyl halides is 1. The van der Waals surface area contributed by atoms with Crippen LogP contribution in [0.2, 0.25) is 0 Å². The van der Waals surface area contributed by atoms with Gasteiger partial charge in [-0.1, -0.05) is 0 Å². The Labute approximate surface area is 130 Å². The number of halogens is 1. The first-order chi connectivity index (χ1) is 10.5. The molecule has 3 atom stereocenters. The first-order valence-electron chi connectivity index (χ1n) is 7.97. The van der Waals surface area contributed by atoms with Crippen LogP contribution in [0.15, 0.2) is 0 Å². The Kier molecular flexibility index (Phi) is 6.14. The summed E-state index contributed by atoms with van der Waals surface area (Å²) in [6.07, 6.45) is 2.83. The summed E-state index contributed by atoms with van der Waals surface area (Å²) < 4.78 is 19.2. The number of amides is 2.